The number of anilines is 1. The average molecular weight is 184 g/mol. The number of rotatable bonds is 4. The van der Waals surface area contributed by atoms with E-state index in [-0.39, 0.29) is 5.91 Å². The second kappa shape index (κ2) is 4.46. The van der Waals surface area contributed by atoms with E-state index >= 15 is 0 Å². The lowest BCUT2D eigenvalue weighted by Gasteiger charge is -2.00. The zero-order chi connectivity index (χ0) is 9.68. The molecule has 0 aliphatic heterocycles. The number of ether oxygens (including phenoxy) is 1. The number of carbonyl (C=O) groups excluding carboxylic acids is 1. The van der Waals surface area contributed by atoms with Gasteiger partial charge in [-0.15, -0.1) is 0 Å². The van der Waals surface area contributed by atoms with Crippen molar-refractivity contribution in [1.29, 1.82) is 0 Å². The van der Waals surface area contributed by atoms with Gasteiger partial charge in [-0.2, -0.15) is 5.10 Å². The minimum Gasteiger partial charge on any atom is -0.383 e. The zero-order valence-electron chi connectivity index (χ0n) is 7.33. The van der Waals surface area contributed by atoms with Crippen LogP contribution < -0.4 is 11.1 Å². The van der Waals surface area contributed by atoms with Gasteiger partial charge in [0.15, 0.2) is 0 Å². The summed E-state index contributed by atoms with van der Waals surface area (Å²) in [5.74, 6) is 0.0677. The first-order valence-electron chi connectivity index (χ1n) is 3.82. The Morgan fingerprint density at radius 1 is 1.85 bits per heavy atom. The van der Waals surface area contributed by atoms with E-state index in [0.29, 0.717) is 24.7 Å². The van der Waals surface area contributed by atoms with Crippen LogP contribution in [0, 0.1) is 0 Å². The molecule has 0 aliphatic rings. The third-order valence-electron chi connectivity index (χ3n) is 1.43. The monoisotopic (exact) mass is 184 g/mol. The summed E-state index contributed by atoms with van der Waals surface area (Å²) >= 11 is 0. The van der Waals surface area contributed by atoms with Crippen LogP contribution in [0.4, 0.5) is 5.82 Å². The van der Waals surface area contributed by atoms with Gasteiger partial charge in [-0.05, 0) is 0 Å². The fourth-order valence-corrected chi connectivity index (χ4v) is 0.815. The summed E-state index contributed by atoms with van der Waals surface area (Å²) < 4.78 is 4.77. The van der Waals surface area contributed by atoms with Gasteiger partial charge in [-0.25, -0.2) is 0 Å². The number of amides is 1. The standard InChI is InChI=1S/C7H12N4O2/c1-13-3-2-9-7(12)5-4-6(8)11-10-5/h4H,2-3H2,1H3,(H,9,12)(H3,8,10,11). The molecule has 0 aromatic carbocycles. The van der Waals surface area contributed by atoms with Gasteiger partial charge in [0, 0.05) is 19.7 Å². The molecule has 6 nitrogen and oxygen atoms in total. The van der Waals surface area contributed by atoms with E-state index in [0.717, 1.165) is 0 Å². The molecule has 0 aliphatic carbocycles. The molecule has 4 N–H and O–H groups in total. The maximum Gasteiger partial charge on any atom is 0.269 e. The molecule has 6 heteroatoms. The number of carbonyl (C=O) groups is 1. The summed E-state index contributed by atoms with van der Waals surface area (Å²) in [6, 6.07) is 1.47. The van der Waals surface area contributed by atoms with E-state index in [2.05, 4.69) is 15.5 Å². The summed E-state index contributed by atoms with van der Waals surface area (Å²) in [6.07, 6.45) is 0. The molecular formula is C7H12N4O2. The molecule has 0 atom stereocenters. The Morgan fingerprint density at radius 3 is 3.15 bits per heavy atom. The van der Waals surface area contributed by atoms with Crippen molar-refractivity contribution in [3.63, 3.8) is 0 Å². The number of nitrogens with zero attached hydrogens (tertiary/aromatic N) is 1. The number of H-pyrrole nitrogens is 1. The second-order valence-electron chi connectivity index (χ2n) is 2.46. The van der Waals surface area contributed by atoms with Crippen molar-refractivity contribution < 1.29 is 9.53 Å². The molecule has 1 aromatic heterocycles. The van der Waals surface area contributed by atoms with Gasteiger partial charge in [-0.1, -0.05) is 0 Å². The van der Waals surface area contributed by atoms with Crippen LogP contribution in [0.3, 0.4) is 0 Å². The number of aromatic nitrogens is 2. The fraction of sp³-hybridized carbons (Fsp3) is 0.429. The Kier molecular flexibility index (Phi) is 3.27. The molecule has 1 amide bonds. The van der Waals surface area contributed by atoms with E-state index in [1.807, 2.05) is 0 Å². The van der Waals surface area contributed by atoms with Gasteiger partial charge in [0.05, 0.1) is 6.61 Å². The number of aromatic amines is 1. The summed E-state index contributed by atoms with van der Waals surface area (Å²) in [5, 5.41) is 8.75. The maximum atomic E-state index is 11.2. The lowest BCUT2D eigenvalue weighted by Crippen LogP contribution is -2.27. The Bertz CT molecular complexity index is 284. The van der Waals surface area contributed by atoms with Crippen LogP contribution in [-0.2, 0) is 4.74 Å². The van der Waals surface area contributed by atoms with Gasteiger partial charge in [0.25, 0.3) is 5.91 Å². The smallest absolute Gasteiger partial charge is 0.269 e. The number of nitrogens with two attached hydrogens (primary N) is 1. The van der Waals surface area contributed by atoms with E-state index in [1.54, 1.807) is 7.11 Å². The quantitative estimate of drug-likeness (QED) is 0.543. The SMILES string of the molecule is COCCNC(=O)c1cc(N)n[nH]1. The topological polar surface area (TPSA) is 93.0 Å². The van der Waals surface area contributed by atoms with E-state index in [4.69, 9.17) is 10.5 Å². The normalized spacial score (nSPS) is 9.92. The molecule has 1 aromatic rings. The van der Waals surface area contributed by atoms with Crippen molar-refractivity contribution in [2.24, 2.45) is 0 Å². The molecule has 0 fully saturated rings. The van der Waals surface area contributed by atoms with Crippen LogP contribution >= 0.6 is 0 Å². The lowest BCUT2D eigenvalue weighted by molar-refractivity contribution is 0.0932. The van der Waals surface area contributed by atoms with Crippen LogP contribution in [0.5, 0.6) is 0 Å². The lowest BCUT2D eigenvalue weighted by atomic mass is 10.4. The van der Waals surface area contributed by atoms with Crippen LogP contribution in [0.1, 0.15) is 10.5 Å². The Labute approximate surface area is 75.5 Å². The predicted molar refractivity (Wildman–Crippen MR) is 47.2 cm³/mol. The molecule has 72 valence electrons. The van der Waals surface area contributed by atoms with Gasteiger partial charge < -0.3 is 15.8 Å². The van der Waals surface area contributed by atoms with Crippen molar-refractivity contribution in [1.82, 2.24) is 15.5 Å². The molecule has 0 saturated carbocycles. The first kappa shape index (κ1) is 9.53. The molecule has 0 spiro atoms. The van der Waals surface area contributed by atoms with Crippen LogP contribution in [0.2, 0.25) is 0 Å². The molecular weight excluding hydrogens is 172 g/mol. The van der Waals surface area contributed by atoms with Crippen molar-refractivity contribution in [3.8, 4) is 0 Å². The summed E-state index contributed by atoms with van der Waals surface area (Å²) in [6.45, 7) is 0.948. The van der Waals surface area contributed by atoms with Crippen molar-refractivity contribution >= 4 is 11.7 Å². The molecule has 1 heterocycles. The van der Waals surface area contributed by atoms with E-state index in [9.17, 15) is 4.79 Å². The number of nitrogens with one attached hydrogen (secondary N) is 2. The summed E-state index contributed by atoms with van der Waals surface area (Å²) in [7, 11) is 1.57. The highest BCUT2D eigenvalue weighted by atomic mass is 16.5. The Hall–Kier alpha value is -1.56. The molecule has 0 unspecified atom stereocenters. The maximum absolute atomic E-state index is 11.2. The van der Waals surface area contributed by atoms with Crippen LogP contribution in [0.15, 0.2) is 6.07 Å². The van der Waals surface area contributed by atoms with E-state index < -0.39 is 0 Å². The van der Waals surface area contributed by atoms with Crippen LogP contribution in [0.25, 0.3) is 0 Å². The highest BCUT2D eigenvalue weighted by molar-refractivity contribution is 5.92. The largest absolute Gasteiger partial charge is 0.383 e. The minimum atomic E-state index is -0.235. The molecule has 1 rings (SSSR count). The van der Waals surface area contributed by atoms with Gasteiger partial charge in [0.2, 0.25) is 0 Å². The summed E-state index contributed by atoms with van der Waals surface area (Å²) in [4.78, 5) is 11.2. The molecule has 0 radical (unpaired) electrons. The van der Waals surface area contributed by atoms with Crippen molar-refractivity contribution in [2.75, 3.05) is 26.0 Å². The Morgan fingerprint density at radius 2 is 2.62 bits per heavy atom. The van der Waals surface area contributed by atoms with Crippen LogP contribution in [-0.4, -0.2) is 36.4 Å². The first-order chi connectivity index (χ1) is 6.24. The number of hydrogen-bond acceptors (Lipinski definition) is 4. The van der Waals surface area contributed by atoms with Crippen molar-refractivity contribution in [3.05, 3.63) is 11.8 Å². The Balaban J connectivity index is 2.40. The average Bonchev–Trinajstić information content (AvgIpc) is 2.52. The predicted octanol–water partition coefficient (Wildman–Crippen LogP) is -0.632. The van der Waals surface area contributed by atoms with Gasteiger partial charge >= 0.3 is 0 Å². The molecule has 13 heavy (non-hydrogen) atoms. The highest BCUT2D eigenvalue weighted by Gasteiger charge is 2.06. The van der Waals surface area contributed by atoms with E-state index in [1.165, 1.54) is 6.07 Å². The third kappa shape index (κ3) is 2.75. The number of methoxy groups -OCH3 is 1. The number of nitrogen functional groups attached to an aromatic ring is 1. The fourth-order valence-electron chi connectivity index (χ4n) is 0.815. The summed E-state index contributed by atoms with van der Waals surface area (Å²) in [5.41, 5.74) is 5.68. The highest BCUT2D eigenvalue weighted by Crippen LogP contribution is 1.98. The first-order valence-corrected chi connectivity index (χ1v) is 3.82. The zero-order valence-corrected chi connectivity index (χ0v) is 7.33. The van der Waals surface area contributed by atoms with Crippen molar-refractivity contribution in [2.45, 2.75) is 0 Å². The van der Waals surface area contributed by atoms with Gasteiger partial charge in [-0.3, -0.25) is 9.89 Å². The number of hydrogen-bond donors (Lipinski definition) is 3. The third-order valence-corrected chi connectivity index (χ3v) is 1.43. The molecule has 0 saturated heterocycles. The molecule has 0 bridgehead atoms. The minimum absolute atomic E-state index is 0.235. The van der Waals surface area contributed by atoms with Gasteiger partial charge in [0.1, 0.15) is 11.5 Å². The second-order valence-corrected chi connectivity index (χ2v) is 2.46.